The topological polar surface area (TPSA) is 37.4 Å². The van der Waals surface area contributed by atoms with Gasteiger partial charge in [-0.25, -0.2) is 8.42 Å². The average molecular weight is 286 g/mol. The van der Waals surface area contributed by atoms with Crippen molar-refractivity contribution in [2.75, 3.05) is 6.54 Å². The van der Waals surface area contributed by atoms with Crippen molar-refractivity contribution in [2.45, 2.75) is 36.1 Å². The van der Waals surface area contributed by atoms with E-state index in [0.717, 1.165) is 18.4 Å². The fourth-order valence-corrected chi connectivity index (χ4v) is 5.08. The quantitative estimate of drug-likeness (QED) is 0.801. The number of halogens is 1. The molecule has 1 aromatic carbocycles. The van der Waals surface area contributed by atoms with E-state index < -0.39 is 10.0 Å². The van der Waals surface area contributed by atoms with Crippen molar-refractivity contribution in [1.29, 1.82) is 0 Å². The number of sulfonamides is 1. The zero-order chi connectivity index (χ0) is 12.8. The molecule has 5 heteroatoms. The van der Waals surface area contributed by atoms with E-state index >= 15 is 0 Å². The fourth-order valence-electron chi connectivity index (χ4n) is 3.10. The van der Waals surface area contributed by atoms with Crippen LogP contribution in [0.4, 0.5) is 0 Å². The highest BCUT2D eigenvalue weighted by molar-refractivity contribution is 7.89. The summed E-state index contributed by atoms with van der Waals surface area (Å²) in [6.07, 6.45) is 3.23. The third-order valence-electron chi connectivity index (χ3n) is 4.02. The Balaban J connectivity index is 1.94. The van der Waals surface area contributed by atoms with Gasteiger partial charge in [-0.1, -0.05) is 12.1 Å². The van der Waals surface area contributed by atoms with Crippen LogP contribution in [0.15, 0.2) is 29.2 Å². The molecule has 1 aliphatic heterocycles. The molecule has 2 aliphatic rings. The lowest BCUT2D eigenvalue weighted by molar-refractivity contribution is 0.333. The Labute approximate surface area is 113 Å². The maximum absolute atomic E-state index is 12.6. The SMILES string of the molecule is O=S(=O)(c1cccc(CCl)c1)N1CC2CCC1C2. The molecule has 0 amide bonds. The molecular weight excluding hydrogens is 270 g/mol. The van der Waals surface area contributed by atoms with Crippen molar-refractivity contribution in [3.8, 4) is 0 Å². The van der Waals surface area contributed by atoms with Gasteiger partial charge in [-0.15, -0.1) is 11.6 Å². The van der Waals surface area contributed by atoms with Crippen molar-refractivity contribution in [3.05, 3.63) is 29.8 Å². The van der Waals surface area contributed by atoms with E-state index in [2.05, 4.69) is 0 Å². The minimum Gasteiger partial charge on any atom is -0.207 e. The molecule has 0 radical (unpaired) electrons. The van der Waals surface area contributed by atoms with Crippen molar-refractivity contribution in [2.24, 2.45) is 5.92 Å². The number of benzene rings is 1. The van der Waals surface area contributed by atoms with Gasteiger partial charge in [-0.2, -0.15) is 4.31 Å². The van der Waals surface area contributed by atoms with E-state index in [1.165, 1.54) is 6.42 Å². The van der Waals surface area contributed by atoms with Gasteiger partial charge in [0.25, 0.3) is 0 Å². The van der Waals surface area contributed by atoms with Gasteiger partial charge in [0.1, 0.15) is 0 Å². The number of hydrogen-bond acceptors (Lipinski definition) is 2. The van der Waals surface area contributed by atoms with Crippen LogP contribution in [0.25, 0.3) is 0 Å². The first-order valence-corrected chi connectivity index (χ1v) is 8.25. The predicted molar refractivity (Wildman–Crippen MR) is 71.0 cm³/mol. The number of nitrogens with zero attached hydrogens (tertiary/aromatic N) is 1. The second-order valence-corrected chi connectivity index (χ2v) is 7.35. The van der Waals surface area contributed by atoms with Gasteiger partial charge in [-0.3, -0.25) is 0 Å². The van der Waals surface area contributed by atoms with Crippen LogP contribution in [0.5, 0.6) is 0 Å². The van der Waals surface area contributed by atoms with E-state index in [-0.39, 0.29) is 6.04 Å². The number of rotatable bonds is 3. The largest absolute Gasteiger partial charge is 0.243 e. The summed E-state index contributed by atoms with van der Waals surface area (Å²) in [5.74, 6) is 0.913. The molecule has 0 N–H and O–H groups in total. The smallest absolute Gasteiger partial charge is 0.207 e. The Morgan fingerprint density at radius 2 is 2.17 bits per heavy atom. The summed E-state index contributed by atoms with van der Waals surface area (Å²) in [7, 11) is -3.33. The minimum atomic E-state index is -3.33. The van der Waals surface area contributed by atoms with Crippen LogP contribution in [0.3, 0.4) is 0 Å². The minimum absolute atomic E-state index is 0.222. The van der Waals surface area contributed by atoms with Crippen molar-refractivity contribution in [3.63, 3.8) is 0 Å². The summed E-state index contributed by atoms with van der Waals surface area (Å²) in [6, 6.07) is 7.19. The zero-order valence-corrected chi connectivity index (χ0v) is 11.6. The van der Waals surface area contributed by atoms with E-state index in [1.54, 1.807) is 22.5 Å². The molecule has 1 saturated carbocycles. The van der Waals surface area contributed by atoms with Crippen LogP contribution in [-0.4, -0.2) is 25.3 Å². The van der Waals surface area contributed by atoms with Crippen LogP contribution in [0.2, 0.25) is 0 Å². The number of piperidine rings is 1. The molecule has 1 saturated heterocycles. The second kappa shape index (κ2) is 4.51. The maximum atomic E-state index is 12.6. The molecule has 0 aromatic heterocycles. The van der Waals surface area contributed by atoms with Crippen molar-refractivity contribution >= 4 is 21.6 Å². The van der Waals surface area contributed by atoms with E-state index in [0.29, 0.717) is 23.2 Å². The molecular formula is C13H16ClNO2S. The predicted octanol–water partition coefficient (Wildman–Crippen LogP) is 2.60. The Hall–Kier alpha value is -0.580. The first-order valence-electron chi connectivity index (χ1n) is 6.28. The molecule has 1 aromatic rings. The molecule has 3 rings (SSSR count). The highest BCUT2D eigenvalue weighted by atomic mass is 35.5. The summed E-state index contributed by atoms with van der Waals surface area (Å²) in [5, 5.41) is 0. The summed E-state index contributed by atoms with van der Waals surface area (Å²) in [6.45, 7) is 0.693. The third kappa shape index (κ3) is 1.96. The summed E-state index contributed by atoms with van der Waals surface area (Å²) < 4.78 is 26.8. The van der Waals surface area contributed by atoms with Crippen LogP contribution >= 0.6 is 11.6 Å². The Morgan fingerprint density at radius 3 is 2.78 bits per heavy atom. The molecule has 98 valence electrons. The lowest BCUT2D eigenvalue weighted by atomic mass is 10.1. The van der Waals surface area contributed by atoms with Gasteiger partial charge < -0.3 is 0 Å². The fraction of sp³-hybridized carbons (Fsp3) is 0.538. The molecule has 2 atom stereocenters. The zero-order valence-electron chi connectivity index (χ0n) is 10.0. The Kier molecular flexibility index (Phi) is 3.12. The normalized spacial score (nSPS) is 27.8. The molecule has 2 bridgehead atoms. The van der Waals surface area contributed by atoms with Gasteiger partial charge in [0.2, 0.25) is 10.0 Å². The number of alkyl halides is 1. The van der Waals surface area contributed by atoms with Crippen LogP contribution in [0.1, 0.15) is 24.8 Å². The average Bonchev–Trinajstić information content (AvgIpc) is 3.01. The Morgan fingerprint density at radius 1 is 1.33 bits per heavy atom. The number of hydrogen-bond donors (Lipinski definition) is 0. The van der Waals surface area contributed by atoms with Crippen LogP contribution in [0, 0.1) is 5.92 Å². The summed E-state index contributed by atoms with van der Waals surface area (Å²) in [5.41, 5.74) is 0.849. The van der Waals surface area contributed by atoms with Crippen molar-refractivity contribution in [1.82, 2.24) is 4.31 Å². The highest BCUT2D eigenvalue weighted by Gasteiger charge is 2.44. The van der Waals surface area contributed by atoms with Gasteiger partial charge in [-0.05, 0) is 42.9 Å². The third-order valence-corrected chi connectivity index (χ3v) is 6.24. The summed E-state index contributed by atoms with van der Waals surface area (Å²) in [4.78, 5) is 0.383. The van der Waals surface area contributed by atoms with Crippen LogP contribution in [-0.2, 0) is 15.9 Å². The van der Waals surface area contributed by atoms with Gasteiger partial charge in [0, 0.05) is 18.5 Å². The van der Waals surface area contributed by atoms with Crippen LogP contribution < -0.4 is 0 Å². The molecule has 2 fully saturated rings. The lowest BCUT2D eigenvalue weighted by Crippen LogP contribution is -2.37. The first kappa shape index (κ1) is 12.5. The van der Waals surface area contributed by atoms with Gasteiger partial charge in [0.15, 0.2) is 0 Å². The van der Waals surface area contributed by atoms with E-state index in [4.69, 9.17) is 11.6 Å². The van der Waals surface area contributed by atoms with Gasteiger partial charge in [0.05, 0.1) is 4.90 Å². The maximum Gasteiger partial charge on any atom is 0.243 e. The first-order chi connectivity index (χ1) is 8.61. The molecule has 2 unspecified atom stereocenters. The molecule has 1 aliphatic carbocycles. The van der Waals surface area contributed by atoms with Gasteiger partial charge >= 0.3 is 0 Å². The standard InChI is InChI=1S/C13H16ClNO2S/c14-8-10-2-1-3-13(7-10)18(16,17)15-9-11-4-5-12(15)6-11/h1-3,7,11-12H,4-6,8-9H2. The molecule has 3 nitrogen and oxygen atoms in total. The second-order valence-electron chi connectivity index (χ2n) is 5.19. The number of fused-ring (bicyclic) bond motifs is 2. The lowest BCUT2D eigenvalue weighted by Gasteiger charge is -2.26. The Bertz CT molecular complexity index is 558. The monoisotopic (exact) mass is 285 g/mol. The molecule has 0 spiro atoms. The van der Waals surface area contributed by atoms with Crippen molar-refractivity contribution < 1.29 is 8.42 Å². The van der Waals surface area contributed by atoms with E-state index in [9.17, 15) is 8.42 Å². The van der Waals surface area contributed by atoms with E-state index in [1.807, 2.05) is 6.07 Å². The molecule has 18 heavy (non-hydrogen) atoms. The summed E-state index contributed by atoms with van der Waals surface area (Å²) >= 11 is 5.76. The molecule has 1 heterocycles. The highest BCUT2D eigenvalue weighted by Crippen LogP contribution is 2.40.